The van der Waals surface area contributed by atoms with Crippen LogP contribution in [0.5, 0.6) is 5.75 Å². The number of benzene rings is 1. The number of rotatable bonds is 3. The monoisotopic (exact) mass is 364 g/mol. The van der Waals surface area contributed by atoms with Gasteiger partial charge in [0, 0.05) is 18.9 Å². The lowest BCUT2D eigenvalue weighted by atomic mass is 9.92. The first-order valence-corrected chi connectivity index (χ1v) is 10.0. The molecule has 1 atom stereocenters. The van der Waals surface area contributed by atoms with E-state index >= 15 is 0 Å². The summed E-state index contributed by atoms with van der Waals surface area (Å²) in [5.74, 6) is 1.18. The summed E-state index contributed by atoms with van der Waals surface area (Å²) in [5.41, 5.74) is 3.35. The number of hydrogen-bond donors (Lipinski definition) is 0. The number of nitrogens with zero attached hydrogens (tertiary/aromatic N) is 2. The Morgan fingerprint density at radius 2 is 2.19 bits per heavy atom. The average Bonchev–Trinajstić information content (AvgIpc) is 2.68. The zero-order chi connectivity index (χ0) is 18.9. The minimum atomic E-state index is -0.102. The number of ether oxygens (including phenoxy) is 1. The molecular formula is C23H28N2O2. The Kier molecular flexibility index (Phi) is 4.90. The second kappa shape index (κ2) is 7.34. The zero-order valence-electron chi connectivity index (χ0n) is 16.3. The van der Waals surface area contributed by atoms with E-state index in [0.29, 0.717) is 6.42 Å². The third-order valence-electron chi connectivity index (χ3n) is 5.76. The maximum Gasteiger partial charge on any atom is 0.227 e. The van der Waals surface area contributed by atoms with Crippen molar-refractivity contribution in [2.75, 3.05) is 6.54 Å². The van der Waals surface area contributed by atoms with Crippen LogP contribution in [-0.2, 0) is 17.6 Å². The van der Waals surface area contributed by atoms with Gasteiger partial charge in [0.2, 0.25) is 5.91 Å². The molecule has 2 aliphatic heterocycles. The number of fused-ring (bicyclic) bond motifs is 1. The van der Waals surface area contributed by atoms with Gasteiger partial charge >= 0.3 is 0 Å². The molecular weight excluding hydrogens is 336 g/mol. The summed E-state index contributed by atoms with van der Waals surface area (Å²) >= 11 is 0. The highest BCUT2D eigenvalue weighted by atomic mass is 16.5. The third kappa shape index (κ3) is 4.00. The highest BCUT2D eigenvalue weighted by Crippen LogP contribution is 2.34. The SMILES string of the molecule is CC1(C)CCc2cc(CC(=O)N3CCCCC3c3cccnc3)ccc2O1. The van der Waals surface area contributed by atoms with Crippen molar-refractivity contribution in [1.29, 1.82) is 0 Å². The number of hydrogen-bond acceptors (Lipinski definition) is 3. The van der Waals surface area contributed by atoms with Crippen LogP contribution in [0.25, 0.3) is 0 Å². The summed E-state index contributed by atoms with van der Waals surface area (Å²) in [6.07, 6.45) is 9.41. The molecule has 2 aliphatic rings. The van der Waals surface area contributed by atoms with Crippen molar-refractivity contribution in [3.8, 4) is 5.75 Å². The van der Waals surface area contributed by atoms with Crippen molar-refractivity contribution >= 4 is 5.91 Å². The highest BCUT2D eigenvalue weighted by Gasteiger charge is 2.29. The van der Waals surface area contributed by atoms with E-state index in [1.54, 1.807) is 6.20 Å². The number of aromatic nitrogens is 1. The molecule has 0 aliphatic carbocycles. The van der Waals surface area contributed by atoms with Crippen LogP contribution in [0.1, 0.15) is 62.3 Å². The van der Waals surface area contributed by atoms with Crippen molar-refractivity contribution in [2.45, 2.75) is 64.0 Å². The molecule has 2 aromatic rings. The van der Waals surface area contributed by atoms with Gasteiger partial charge in [0.1, 0.15) is 11.4 Å². The second-order valence-electron chi connectivity index (χ2n) is 8.37. The summed E-state index contributed by atoms with van der Waals surface area (Å²) in [5, 5.41) is 0. The van der Waals surface area contributed by atoms with E-state index < -0.39 is 0 Å². The largest absolute Gasteiger partial charge is 0.488 e. The third-order valence-corrected chi connectivity index (χ3v) is 5.76. The molecule has 1 aromatic carbocycles. The summed E-state index contributed by atoms with van der Waals surface area (Å²) in [7, 11) is 0. The Hall–Kier alpha value is -2.36. The number of pyridine rings is 1. The molecule has 0 spiro atoms. The summed E-state index contributed by atoms with van der Waals surface area (Å²) < 4.78 is 6.07. The Morgan fingerprint density at radius 1 is 1.30 bits per heavy atom. The predicted molar refractivity (Wildman–Crippen MR) is 106 cm³/mol. The summed E-state index contributed by atoms with van der Waals surface area (Å²) in [6.45, 7) is 5.09. The van der Waals surface area contributed by atoms with Crippen LogP contribution in [0.15, 0.2) is 42.7 Å². The van der Waals surface area contributed by atoms with Gasteiger partial charge in [-0.1, -0.05) is 18.2 Å². The molecule has 0 N–H and O–H groups in total. The minimum absolute atomic E-state index is 0.102. The van der Waals surface area contributed by atoms with Crippen LogP contribution in [-0.4, -0.2) is 27.9 Å². The van der Waals surface area contributed by atoms with Crippen molar-refractivity contribution in [3.63, 3.8) is 0 Å². The minimum Gasteiger partial charge on any atom is -0.488 e. The Bertz CT molecular complexity index is 816. The van der Waals surface area contributed by atoms with Gasteiger partial charge in [0.25, 0.3) is 0 Å². The molecule has 1 unspecified atom stereocenters. The first kappa shape index (κ1) is 18.0. The lowest BCUT2D eigenvalue weighted by Gasteiger charge is -2.36. The van der Waals surface area contributed by atoms with E-state index in [0.717, 1.165) is 55.5 Å². The number of carbonyl (C=O) groups excluding carboxylic acids is 1. The number of amides is 1. The predicted octanol–water partition coefficient (Wildman–Crippen LogP) is 4.48. The molecule has 4 rings (SSSR count). The molecule has 3 heterocycles. The van der Waals surface area contributed by atoms with Gasteiger partial charge in [-0.2, -0.15) is 0 Å². The van der Waals surface area contributed by atoms with Gasteiger partial charge in [-0.25, -0.2) is 0 Å². The van der Waals surface area contributed by atoms with Gasteiger partial charge in [0.15, 0.2) is 0 Å². The van der Waals surface area contributed by atoms with Crippen molar-refractivity contribution in [2.24, 2.45) is 0 Å². The first-order chi connectivity index (χ1) is 13.0. The van der Waals surface area contributed by atoms with Gasteiger partial charge < -0.3 is 9.64 Å². The topological polar surface area (TPSA) is 42.4 Å². The Balaban J connectivity index is 1.50. The molecule has 0 saturated carbocycles. The maximum absolute atomic E-state index is 13.1. The van der Waals surface area contributed by atoms with E-state index in [1.807, 2.05) is 24.4 Å². The molecule has 1 amide bonds. The summed E-state index contributed by atoms with van der Waals surface area (Å²) in [6, 6.07) is 10.4. The van der Waals surface area contributed by atoms with E-state index in [1.165, 1.54) is 5.56 Å². The molecule has 0 bridgehead atoms. The van der Waals surface area contributed by atoms with Crippen LogP contribution in [0, 0.1) is 0 Å². The average molecular weight is 364 g/mol. The lowest BCUT2D eigenvalue weighted by Crippen LogP contribution is -2.39. The fraction of sp³-hybridized carbons (Fsp3) is 0.478. The highest BCUT2D eigenvalue weighted by molar-refractivity contribution is 5.79. The van der Waals surface area contributed by atoms with Crippen molar-refractivity contribution in [1.82, 2.24) is 9.88 Å². The fourth-order valence-electron chi connectivity index (χ4n) is 4.25. The molecule has 0 radical (unpaired) electrons. The van der Waals surface area contributed by atoms with Crippen molar-refractivity contribution < 1.29 is 9.53 Å². The molecule has 1 fully saturated rings. The first-order valence-electron chi connectivity index (χ1n) is 10.0. The number of likely N-dealkylation sites (tertiary alicyclic amines) is 1. The molecule has 1 saturated heterocycles. The normalized spacial score (nSPS) is 21.3. The van der Waals surface area contributed by atoms with Crippen molar-refractivity contribution in [3.05, 3.63) is 59.4 Å². The number of piperidine rings is 1. The van der Waals surface area contributed by atoms with Crippen LogP contribution in [0.2, 0.25) is 0 Å². The quantitative estimate of drug-likeness (QED) is 0.806. The lowest BCUT2D eigenvalue weighted by molar-refractivity contribution is -0.134. The summed E-state index contributed by atoms with van der Waals surface area (Å²) in [4.78, 5) is 19.4. The van der Waals surface area contributed by atoms with Gasteiger partial charge in [-0.3, -0.25) is 9.78 Å². The standard InChI is InChI=1S/C23H28N2O2/c1-23(2)11-10-18-14-17(8-9-21(18)27-23)15-22(26)25-13-4-3-7-20(25)19-6-5-12-24-16-19/h5-6,8-9,12,14,16,20H,3-4,7,10-11,13,15H2,1-2H3. The van der Waals surface area contributed by atoms with Crippen LogP contribution in [0.4, 0.5) is 0 Å². The van der Waals surface area contributed by atoms with Crippen LogP contribution in [0.3, 0.4) is 0 Å². The Morgan fingerprint density at radius 3 is 3.00 bits per heavy atom. The molecule has 4 nitrogen and oxygen atoms in total. The molecule has 4 heteroatoms. The smallest absolute Gasteiger partial charge is 0.227 e. The maximum atomic E-state index is 13.1. The van der Waals surface area contributed by atoms with Crippen LogP contribution < -0.4 is 4.74 Å². The van der Waals surface area contributed by atoms with Gasteiger partial charge in [0.05, 0.1) is 12.5 Å². The fourth-order valence-corrected chi connectivity index (χ4v) is 4.25. The Labute approximate surface area is 161 Å². The molecule has 27 heavy (non-hydrogen) atoms. The van der Waals surface area contributed by atoms with E-state index in [2.05, 4.69) is 35.9 Å². The zero-order valence-corrected chi connectivity index (χ0v) is 16.3. The van der Waals surface area contributed by atoms with Crippen LogP contribution >= 0.6 is 0 Å². The molecule has 142 valence electrons. The second-order valence-corrected chi connectivity index (χ2v) is 8.37. The number of aryl methyl sites for hydroxylation is 1. The van der Waals surface area contributed by atoms with Gasteiger partial charge in [-0.15, -0.1) is 0 Å². The van der Waals surface area contributed by atoms with E-state index in [9.17, 15) is 4.79 Å². The number of carbonyl (C=O) groups is 1. The van der Waals surface area contributed by atoms with Gasteiger partial charge in [-0.05, 0) is 74.8 Å². The molecule has 1 aromatic heterocycles. The van der Waals surface area contributed by atoms with E-state index in [-0.39, 0.29) is 17.6 Å². The van der Waals surface area contributed by atoms with E-state index in [4.69, 9.17) is 4.74 Å².